The maximum atomic E-state index is 12.1. The zero-order valence-corrected chi connectivity index (χ0v) is 17.8. The molecular weight excluding hydrogens is 360 g/mol. The van der Waals surface area contributed by atoms with Gasteiger partial charge in [0.15, 0.2) is 6.10 Å². The number of carbonyl (C=O) groups is 3. The third-order valence-corrected chi connectivity index (χ3v) is 4.33. The van der Waals surface area contributed by atoms with Crippen LogP contribution in [0.4, 0.5) is 4.79 Å². The van der Waals surface area contributed by atoms with E-state index in [-0.39, 0.29) is 23.0 Å². The number of benzene rings is 1. The van der Waals surface area contributed by atoms with Crippen LogP contribution < -0.4 is 11.1 Å². The molecule has 0 saturated carbocycles. The van der Waals surface area contributed by atoms with E-state index in [9.17, 15) is 19.5 Å². The fourth-order valence-electron chi connectivity index (χ4n) is 2.76. The molecule has 0 bridgehead atoms. The molecule has 0 unspecified atom stereocenters. The van der Waals surface area contributed by atoms with Gasteiger partial charge in [-0.05, 0) is 40.9 Å². The Balaban J connectivity index is 2.96. The van der Waals surface area contributed by atoms with Gasteiger partial charge < -0.3 is 15.6 Å². The standard InChI is InChI=1S/C21H32N2O5/c1-12(18(26)23-19(22)27)28-16(24)9-8-13-10-14(20(2,3)4)17(25)15(11-13)21(5,6)7/h10-12,25H,8-9H2,1-7H3,(H3,22,23,26,27)/t12-/m1/s1. The van der Waals surface area contributed by atoms with Gasteiger partial charge >= 0.3 is 12.0 Å². The summed E-state index contributed by atoms with van der Waals surface area (Å²) in [6, 6.07) is 2.81. The Kier molecular flexibility index (Phi) is 7.23. The average molecular weight is 392 g/mol. The van der Waals surface area contributed by atoms with Crippen LogP contribution in [0.15, 0.2) is 12.1 Å². The van der Waals surface area contributed by atoms with Gasteiger partial charge in [-0.2, -0.15) is 0 Å². The molecule has 0 saturated heterocycles. The number of rotatable bonds is 5. The van der Waals surface area contributed by atoms with Crippen molar-refractivity contribution in [3.05, 3.63) is 28.8 Å². The number of hydrogen-bond acceptors (Lipinski definition) is 5. The van der Waals surface area contributed by atoms with Gasteiger partial charge in [-0.15, -0.1) is 0 Å². The van der Waals surface area contributed by atoms with E-state index >= 15 is 0 Å². The molecule has 3 amide bonds. The van der Waals surface area contributed by atoms with Crippen LogP contribution >= 0.6 is 0 Å². The Morgan fingerprint density at radius 2 is 1.54 bits per heavy atom. The Hall–Kier alpha value is -2.57. The number of amides is 3. The normalized spacial score (nSPS) is 13.0. The number of urea groups is 1. The maximum Gasteiger partial charge on any atom is 0.318 e. The fourth-order valence-corrected chi connectivity index (χ4v) is 2.76. The minimum absolute atomic E-state index is 0.0616. The molecule has 0 spiro atoms. The second-order valence-electron chi connectivity index (χ2n) is 9.03. The second kappa shape index (κ2) is 8.63. The molecule has 1 rings (SSSR count). The number of carbonyl (C=O) groups excluding carboxylic acids is 3. The van der Waals surface area contributed by atoms with Gasteiger partial charge in [0, 0.05) is 6.42 Å². The highest BCUT2D eigenvalue weighted by atomic mass is 16.5. The van der Waals surface area contributed by atoms with Crippen LogP contribution in [-0.4, -0.2) is 29.1 Å². The van der Waals surface area contributed by atoms with Gasteiger partial charge in [0.1, 0.15) is 5.75 Å². The average Bonchev–Trinajstić information content (AvgIpc) is 2.50. The van der Waals surface area contributed by atoms with E-state index in [0.29, 0.717) is 6.42 Å². The summed E-state index contributed by atoms with van der Waals surface area (Å²) < 4.78 is 5.05. The molecule has 1 aromatic rings. The van der Waals surface area contributed by atoms with Crippen LogP contribution in [0.1, 0.15) is 71.6 Å². The van der Waals surface area contributed by atoms with E-state index in [4.69, 9.17) is 10.5 Å². The van der Waals surface area contributed by atoms with E-state index in [1.54, 1.807) is 0 Å². The second-order valence-corrected chi connectivity index (χ2v) is 9.03. The monoisotopic (exact) mass is 392 g/mol. The molecule has 0 radical (unpaired) electrons. The molecule has 4 N–H and O–H groups in total. The molecule has 156 valence electrons. The number of primary amides is 1. The lowest BCUT2D eigenvalue weighted by molar-refractivity contribution is -0.154. The lowest BCUT2D eigenvalue weighted by Gasteiger charge is -2.28. The van der Waals surface area contributed by atoms with Crippen LogP contribution in [0.2, 0.25) is 0 Å². The lowest BCUT2D eigenvalue weighted by atomic mass is 9.78. The molecule has 1 atom stereocenters. The van der Waals surface area contributed by atoms with Crippen LogP contribution in [0, 0.1) is 0 Å². The van der Waals surface area contributed by atoms with Gasteiger partial charge in [-0.25, -0.2) is 4.79 Å². The molecule has 0 aliphatic rings. The predicted octanol–water partition coefficient (Wildman–Crippen LogP) is 3.05. The topological polar surface area (TPSA) is 119 Å². The third kappa shape index (κ3) is 6.55. The first kappa shape index (κ1) is 23.5. The van der Waals surface area contributed by atoms with Gasteiger partial charge in [0.2, 0.25) is 0 Å². The van der Waals surface area contributed by atoms with E-state index in [1.165, 1.54) is 6.92 Å². The van der Waals surface area contributed by atoms with Gasteiger partial charge in [0.25, 0.3) is 5.91 Å². The van der Waals surface area contributed by atoms with Gasteiger partial charge in [-0.3, -0.25) is 14.9 Å². The number of nitrogens with two attached hydrogens (primary N) is 1. The molecular formula is C21H32N2O5. The first-order valence-corrected chi connectivity index (χ1v) is 9.29. The van der Waals surface area contributed by atoms with Crippen LogP contribution in [0.25, 0.3) is 0 Å². The number of ether oxygens (including phenoxy) is 1. The maximum absolute atomic E-state index is 12.1. The summed E-state index contributed by atoms with van der Waals surface area (Å²) >= 11 is 0. The Labute approximate surface area is 166 Å². The van der Waals surface area contributed by atoms with Gasteiger partial charge in [0.05, 0.1) is 0 Å². The molecule has 0 aliphatic heterocycles. The number of phenols is 1. The SMILES string of the molecule is C[C@@H](OC(=O)CCc1cc(C(C)(C)C)c(O)c(C(C)(C)C)c1)C(=O)NC(N)=O. The van der Waals surface area contributed by atoms with Gasteiger partial charge in [-0.1, -0.05) is 53.7 Å². The van der Waals surface area contributed by atoms with Crippen molar-refractivity contribution in [3.63, 3.8) is 0 Å². The van der Waals surface area contributed by atoms with Crippen molar-refractivity contribution in [1.29, 1.82) is 0 Å². The molecule has 0 aromatic heterocycles. The molecule has 7 nitrogen and oxygen atoms in total. The molecule has 0 heterocycles. The summed E-state index contributed by atoms with van der Waals surface area (Å²) in [5.41, 5.74) is 6.89. The summed E-state index contributed by atoms with van der Waals surface area (Å²) in [7, 11) is 0. The zero-order valence-electron chi connectivity index (χ0n) is 17.8. The molecule has 1 aromatic carbocycles. The van der Waals surface area contributed by atoms with Crippen molar-refractivity contribution in [3.8, 4) is 5.75 Å². The van der Waals surface area contributed by atoms with Crippen LogP contribution in [-0.2, 0) is 31.6 Å². The number of aromatic hydroxyl groups is 1. The highest BCUT2D eigenvalue weighted by Gasteiger charge is 2.27. The molecule has 28 heavy (non-hydrogen) atoms. The van der Waals surface area contributed by atoms with Crippen molar-refractivity contribution < 1.29 is 24.2 Å². The number of hydrogen-bond donors (Lipinski definition) is 3. The quantitative estimate of drug-likeness (QED) is 0.666. The molecule has 0 aliphatic carbocycles. The minimum Gasteiger partial charge on any atom is -0.507 e. The van der Waals surface area contributed by atoms with Crippen molar-refractivity contribution in [2.45, 2.75) is 78.2 Å². The summed E-state index contributed by atoms with van der Waals surface area (Å²) in [6.07, 6.45) is -0.656. The smallest absolute Gasteiger partial charge is 0.318 e. The summed E-state index contributed by atoms with van der Waals surface area (Å²) in [5, 5.41) is 12.6. The first-order chi connectivity index (χ1) is 12.6. The number of aryl methyl sites for hydroxylation is 1. The lowest BCUT2D eigenvalue weighted by Crippen LogP contribution is -2.42. The van der Waals surface area contributed by atoms with E-state index in [2.05, 4.69) is 0 Å². The minimum atomic E-state index is -1.12. The van der Waals surface area contributed by atoms with Crippen LogP contribution in [0.3, 0.4) is 0 Å². The van der Waals surface area contributed by atoms with E-state index in [0.717, 1.165) is 16.7 Å². The van der Waals surface area contributed by atoms with E-state index in [1.807, 2.05) is 59.0 Å². The number of imide groups is 1. The Bertz CT molecular complexity index is 722. The van der Waals surface area contributed by atoms with E-state index < -0.39 is 24.0 Å². The first-order valence-electron chi connectivity index (χ1n) is 9.29. The van der Waals surface area contributed by atoms with Crippen molar-refractivity contribution >= 4 is 17.9 Å². The van der Waals surface area contributed by atoms with Crippen molar-refractivity contribution in [2.75, 3.05) is 0 Å². The zero-order chi connectivity index (χ0) is 21.9. The number of nitrogens with one attached hydrogen (secondary N) is 1. The summed E-state index contributed by atoms with van der Waals surface area (Å²) in [6.45, 7) is 13.5. The summed E-state index contributed by atoms with van der Waals surface area (Å²) in [4.78, 5) is 34.4. The summed E-state index contributed by atoms with van der Waals surface area (Å²) in [5.74, 6) is -1.05. The third-order valence-electron chi connectivity index (χ3n) is 4.33. The fraction of sp³-hybridized carbons (Fsp3) is 0.571. The number of esters is 1. The number of phenolic OH excluding ortho intramolecular Hbond substituents is 1. The predicted molar refractivity (Wildman–Crippen MR) is 107 cm³/mol. The largest absolute Gasteiger partial charge is 0.507 e. The Morgan fingerprint density at radius 1 is 1.07 bits per heavy atom. The van der Waals surface area contributed by atoms with Crippen molar-refractivity contribution in [2.24, 2.45) is 5.73 Å². The Morgan fingerprint density at radius 3 is 1.93 bits per heavy atom. The van der Waals surface area contributed by atoms with Crippen LogP contribution in [0.5, 0.6) is 5.75 Å². The molecule has 7 heteroatoms. The molecule has 0 fully saturated rings. The highest BCUT2D eigenvalue weighted by Crippen LogP contribution is 2.39. The van der Waals surface area contributed by atoms with Crippen molar-refractivity contribution in [1.82, 2.24) is 5.32 Å². The highest BCUT2D eigenvalue weighted by molar-refractivity contribution is 5.96.